The summed E-state index contributed by atoms with van der Waals surface area (Å²) >= 11 is 0. The number of nitrogens with zero attached hydrogens (tertiary/aromatic N) is 2. The first-order valence-corrected chi connectivity index (χ1v) is 6.11. The van der Waals surface area contributed by atoms with Crippen molar-refractivity contribution in [2.45, 2.75) is 26.4 Å². The second kappa shape index (κ2) is 5.67. The van der Waals surface area contributed by atoms with Crippen molar-refractivity contribution < 1.29 is 9.84 Å². The van der Waals surface area contributed by atoms with E-state index in [4.69, 9.17) is 10.5 Å². The van der Waals surface area contributed by atoms with Gasteiger partial charge in [-0.05, 0) is 6.07 Å². The van der Waals surface area contributed by atoms with Crippen molar-refractivity contribution in [2.24, 2.45) is 0 Å². The van der Waals surface area contributed by atoms with E-state index in [0.29, 0.717) is 28.8 Å². The van der Waals surface area contributed by atoms with E-state index in [1.807, 2.05) is 26.0 Å². The van der Waals surface area contributed by atoms with Gasteiger partial charge in [-0.2, -0.15) is 4.98 Å². The smallest absolute Gasteiger partial charge is 0.224 e. The van der Waals surface area contributed by atoms with Crippen LogP contribution in [0.5, 0.6) is 11.6 Å². The number of aliphatic hydroxyl groups excluding tert-OH is 1. The molecule has 0 aliphatic carbocycles. The Morgan fingerprint density at radius 1 is 1.26 bits per heavy atom. The Labute approximate surface area is 112 Å². The number of rotatable bonds is 4. The molecule has 2 aromatic rings. The largest absolute Gasteiger partial charge is 0.438 e. The molecule has 100 valence electrons. The molecule has 0 aliphatic rings. The van der Waals surface area contributed by atoms with Crippen LogP contribution in [-0.4, -0.2) is 15.1 Å². The highest BCUT2D eigenvalue weighted by Crippen LogP contribution is 2.25. The lowest BCUT2D eigenvalue weighted by molar-refractivity contribution is 0.276. The average Bonchev–Trinajstić information content (AvgIpc) is 2.38. The highest BCUT2D eigenvalue weighted by molar-refractivity contribution is 5.39. The average molecular weight is 259 g/mol. The normalized spacial score (nSPS) is 10.7. The van der Waals surface area contributed by atoms with Gasteiger partial charge >= 0.3 is 0 Å². The molecule has 3 N–H and O–H groups in total. The molecule has 5 nitrogen and oxygen atoms in total. The summed E-state index contributed by atoms with van der Waals surface area (Å²) < 4.78 is 5.68. The Balaban J connectivity index is 2.32. The minimum atomic E-state index is -0.0895. The topological polar surface area (TPSA) is 81.3 Å². The van der Waals surface area contributed by atoms with Crippen molar-refractivity contribution in [3.63, 3.8) is 0 Å². The Morgan fingerprint density at radius 2 is 2.00 bits per heavy atom. The lowest BCUT2D eigenvalue weighted by Gasteiger charge is -2.11. The summed E-state index contributed by atoms with van der Waals surface area (Å²) in [5, 5.41) is 9.26. The minimum Gasteiger partial charge on any atom is -0.438 e. The fourth-order valence-electron chi connectivity index (χ4n) is 1.62. The van der Waals surface area contributed by atoms with Crippen molar-refractivity contribution in [1.29, 1.82) is 0 Å². The Bertz CT molecular complexity index is 570. The van der Waals surface area contributed by atoms with Crippen LogP contribution in [0.25, 0.3) is 0 Å². The number of ether oxygens (including phenoxy) is 1. The van der Waals surface area contributed by atoms with Gasteiger partial charge in [0.2, 0.25) is 5.88 Å². The molecule has 0 unspecified atom stereocenters. The molecule has 0 spiro atoms. The van der Waals surface area contributed by atoms with Gasteiger partial charge < -0.3 is 15.6 Å². The van der Waals surface area contributed by atoms with Gasteiger partial charge in [0.1, 0.15) is 17.4 Å². The zero-order chi connectivity index (χ0) is 13.8. The van der Waals surface area contributed by atoms with E-state index in [0.717, 1.165) is 0 Å². The predicted molar refractivity (Wildman–Crippen MR) is 73.0 cm³/mol. The number of aliphatic hydroxyl groups is 1. The zero-order valence-electron chi connectivity index (χ0n) is 11.0. The van der Waals surface area contributed by atoms with Gasteiger partial charge in [0.05, 0.1) is 6.61 Å². The summed E-state index contributed by atoms with van der Waals surface area (Å²) in [7, 11) is 0. The quantitative estimate of drug-likeness (QED) is 0.881. The van der Waals surface area contributed by atoms with Gasteiger partial charge in [-0.25, -0.2) is 4.98 Å². The summed E-state index contributed by atoms with van der Waals surface area (Å²) in [4.78, 5) is 8.46. The molecule has 0 amide bonds. The number of nitrogens with two attached hydrogens (primary N) is 1. The summed E-state index contributed by atoms with van der Waals surface area (Å²) in [6, 6.07) is 8.82. The van der Waals surface area contributed by atoms with Crippen molar-refractivity contribution >= 4 is 5.82 Å². The molecule has 0 bridgehead atoms. The van der Waals surface area contributed by atoms with E-state index in [9.17, 15) is 5.11 Å². The molecular formula is C14H17N3O2. The molecule has 0 radical (unpaired) electrons. The van der Waals surface area contributed by atoms with Crippen molar-refractivity contribution in [3.8, 4) is 11.6 Å². The van der Waals surface area contributed by atoms with Gasteiger partial charge in [-0.15, -0.1) is 0 Å². The molecule has 0 atom stereocenters. The van der Waals surface area contributed by atoms with Crippen LogP contribution in [0.2, 0.25) is 0 Å². The first-order chi connectivity index (χ1) is 9.10. The van der Waals surface area contributed by atoms with Gasteiger partial charge in [-0.1, -0.05) is 32.0 Å². The van der Waals surface area contributed by atoms with Gasteiger partial charge in [0.25, 0.3) is 0 Å². The fraction of sp³-hybridized carbons (Fsp3) is 0.286. The lowest BCUT2D eigenvalue weighted by Crippen LogP contribution is -2.03. The second-order valence-electron chi connectivity index (χ2n) is 4.51. The summed E-state index contributed by atoms with van der Waals surface area (Å²) in [6.45, 7) is 3.88. The number of hydrogen-bond donors (Lipinski definition) is 2. The Kier molecular flexibility index (Phi) is 3.97. The van der Waals surface area contributed by atoms with E-state index >= 15 is 0 Å². The van der Waals surface area contributed by atoms with Gasteiger partial charge in [0.15, 0.2) is 0 Å². The van der Waals surface area contributed by atoms with Crippen LogP contribution in [0.1, 0.15) is 31.2 Å². The highest BCUT2D eigenvalue weighted by atomic mass is 16.5. The number of nitrogen functional groups attached to an aromatic ring is 1. The van der Waals surface area contributed by atoms with E-state index in [1.54, 1.807) is 18.2 Å². The van der Waals surface area contributed by atoms with Crippen LogP contribution in [0.15, 0.2) is 30.3 Å². The van der Waals surface area contributed by atoms with Crippen molar-refractivity contribution in [2.75, 3.05) is 5.73 Å². The fourth-order valence-corrected chi connectivity index (χ4v) is 1.62. The molecule has 0 saturated heterocycles. The maximum atomic E-state index is 9.26. The monoisotopic (exact) mass is 259 g/mol. The molecular weight excluding hydrogens is 242 g/mol. The van der Waals surface area contributed by atoms with E-state index < -0.39 is 0 Å². The van der Waals surface area contributed by atoms with E-state index in [2.05, 4.69) is 9.97 Å². The second-order valence-corrected chi connectivity index (χ2v) is 4.51. The van der Waals surface area contributed by atoms with Gasteiger partial charge in [-0.3, -0.25) is 0 Å². The van der Waals surface area contributed by atoms with Crippen LogP contribution in [0.4, 0.5) is 5.82 Å². The molecule has 0 fully saturated rings. The molecule has 2 rings (SSSR count). The molecule has 5 heteroatoms. The molecule has 0 saturated carbocycles. The van der Waals surface area contributed by atoms with Crippen LogP contribution < -0.4 is 10.5 Å². The zero-order valence-corrected chi connectivity index (χ0v) is 11.0. The molecule has 1 heterocycles. The van der Waals surface area contributed by atoms with Crippen LogP contribution >= 0.6 is 0 Å². The molecule has 19 heavy (non-hydrogen) atoms. The lowest BCUT2D eigenvalue weighted by atomic mass is 10.2. The summed E-state index contributed by atoms with van der Waals surface area (Å²) in [5.41, 5.74) is 6.44. The number of hydrogen-bond acceptors (Lipinski definition) is 5. The predicted octanol–water partition coefficient (Wildman–Crippen LogP) is 2.47. The van der Waals surface area contributed by atoms with Crippen molar-refractivity contribution in [3.05, 3.63) is 41.7 Å². The Hall–Kier alpha value is -2.14. The third-order valence-corrected chi connectivity index (χ3v) is 2.61. The van der Waals surface area contributed by atoms with Crippen molar-refractivity contribution in [1.82, 2.24) is 9.97 Å². The first kappa shape index (κ1) is 13.3. The minimum absolute atomic E-state index is 0.0895. The van der Waals surface area contributed by atoms with E-state index in [-0.39, 0.29) is 12.5 Å². The van der Waals surface area contributed by atoms with Crippen LogP contribution in [-0.2, 0) is 6.61 Å². The maximum Gasteiger partial charge on any atom is 0.224 e. The number of anilines is 1. The summed E-state index contributed by atoms with van der Waals surface area (Å²) in [6.07, 6.45) is 0. The number of benzene rings is 1. The first-order valence-electron chi connectivity index (χ1n) is 6.11. The Morgan fingerprint density at radius 3 is 2.68 bits per heavy atom. The molecule has 1 aromatic heterocycles. The highest BCUT2D eigenvalue weighted by Gasteiger charge is 2.09. The standard InChI is InChI=1S/C14H17N3O2/c1-9(2)14-16-12(15)7-13(17-14)19-11-6-4-3-5-10(11)8-18/h3-7,9,18H,8H2,1-2H3,(H2,15,16,17). The SMILES string of the molecule is CC(C)c1nc(N)cc(Oc2ccccc2CO)n1. The van der Waals surface area contributed by atoms with Crippen LogP contribution in [0.3, 0.4) is 0 Å². The molecule has 0 aliphatic heterocycles. The number of aromatic nitrogens is 2. The number of para-hydroxylation sites is 1. The summed E-state index contributed by atoms with van der Waals surface area (Å²) in [5.74, 6) is 2.13. The van der Waals surface area contributed by atoms with E-state index in [1.165, 1.54) is 0 Å². The van der Waals surface area contributed by atoms with Crippen LogP contribution in [0, 0.1) is 0 Å². The molecule has 1 aromatic carbocycles. The van der Waals surface area contributed by atoms with Gasteiger partial charge in [0, 0.05) is 17.5 Å². The maximum absolute atomic E-state index is 9.26. The third-order valence-electron chi connectivity index (χ3n) is 2.61. The third kappa shape index (κ3) is 3.20.